The fourth-order valence-corrected chi connectivity index (χ4v) is 1.21. The summed E-state index contributed by atoms with van der Waals surface area (Å²) in [6.07, 6.45) is 0.456. The maximum Gasteiger partial charge on any atom is 0.631 e. The number of benzene rings is 1. The van der Waals surface area contributed by atoms with Crippen molar-refractivity contribution in [2.45, 2.75) is 38.4 Å². The van der Waals surface area contributed by atoms with Gasteiger partial charge in [-0.25, -0.2) is 0 Å². The van der Waals surface area contributed by atoms with Crippen molar-refractivity contribution in [1.29, 1.82) is 0 Å². The Morgan fingerprint density at radius 3 is 1.67 bits per heavy atom. The van der Waals surface area contributed by atoms with Gasteiger partial charge in [0.25, 0.3) is 0 Å². The Labute approximate surface area is 108 Å². The van der Waals surface area contributed by atoms with Gasteiger partial charge in [0.15, 0.2) is 0 Å². The number of hydrogen-bond acceptors (Lipinski definition) is 5. The summed E-state index contributed by atoms with van der Waals surface area (Å²) in [5.41, 5.74) is -1.17. The van der Waals surface area contributed by atoms with E-state index in [4.69, 9.17) is 15.1 Å². The van der Waals surface area contributed by atoms with E-state index in [-0.39, 0.29) is 0 Å². The van der Waals surface area contributed by atoms with Gasteiger partial charge in [0, 0.05) is 6.42 Å². The maximum absolute atomic E-state index is 10.1. The first-order valence-electron chi connectivity index (χ1n) is 5.59. The molecular weight excluding hydrogens is 235 g/mol. The van der Waals surface area contributed by atoms with Gasteiger partial charge in [-0.15, -0.1) is 0 Å². The van der Waals surface area contributed by atoms with Crippen LogP contribution in [-0.2, 0) is 6.42 Å². The smallest absolute Gasteiger partial charge is 0.402 e. The topological polar surface area (TPSA) is 101 Å². The van der Waals surface area contributed by atoms with Gasteiger partial charge in [-0.2, -0.15) is 0 Å². The van der Waals surface area contributed by atoms with E-state index in [0.29, 0.717) is 6.42 Å². The predicted molar refractivity (Wildman–Crippen MR) is 69.5 cm³/mol. The highest BCUT2D eigenvalue weighted by molar-refractivity contribution is 6.30. The van der Waals surface area contributed by atoms with Crippen LogP contribution in [0.4, 0.5) is 0 Å². The first-order valence-corrected chi connectivity index (χ1v) is 5.59. The second-order valence-corrected chi connectivity index (χ2v) is 4.84. The van der Waals surface area contributed by atoms with Gasteiger partial charge in [-0.3, -0.25) is 0 Å². The molecule has 5 nitrogen and oxygen atoms in total. The summed E-state index contributed by atoms with van der Waals surface area (Å²) in [6, 6.07) is 9.67. The Balaban J connectivity index is 0.000000631. The Morgan fingerprint density at radius 1 is 0.944 bits per heavy atom. The van der Waals surface area contributed by atoms with E-state index < -0.39 is 18.5 Å². The lowest BCUT2D eigenvalue weighted by atomic mass is 9.82. The summed E-state index contributed by atoms with van der Waals surface area (Å²) in [7, 11) is -2.17. The van der Waals surface area contributed by atoms with E-state index in [1.807, 2.05) is 30.3 Å². The van der Waals surface area contributed by atoms with Crippen LogP contribution < -0.4 is 0 Å². The highest BCUT2D eigenvalue weighted by Gasteiger charge is 2.37. The Hall–Kier alpha value is -0.915. The summed E-state index contributed by atoms with van der Waals surface area (Å²) < 4.78 is 0. The molecule has 0 saturated carbocycles. The molecule has 102 valence electrons. The van der Waals surface area contributed by atoms with E-state index in [1.165, 1.54) is 0 Å². The molecule has 0 bridgehead atoms. The van der Waals surface area contributed by atoms with E-state index in [0.717, 1.165) is 5.56 Å². The van der Waals surface area contributed by atoms with Crippen LogP contribution in [0.5, 0.6) is 0 Å². The molecule has 1 aromatic rings. The molecule has 1 unspecified atom stereocenters. The summed E-state index contributed by atoms with van der Waals surface area (Å²) in [5, 5.41) is 41.3. The molecule has 18 heavy (non-hydrogen) atoms. The van der Waals surface area contributed by atoms with Crippen LogP contribution in [0.1, 0.15) is 26.3 Å². The zero-order valence-corrected chi connectivity index (χ0v) is 10.9. The van der Waals surface area contributed by atoms with E-state index >= 15 is 0 Å². The highest BCUT2D eigenvalue weighted by atomic mass is 16.5. The monoisotopic (exact) mass is 256 g/mol. The Bertz CT molecular complexity index is 329. The normalized spacial score (nSPS) is 14.2. The molecule has 1 aromatic carbocycles. The third-order valence-corrected chi connectivity index (χ3v) is 2.71. The summed E-state index contributed by atoms with van der Waals surface area (Å²) in [5.74, 6) is 0. The largest absolute Gasteiger partial charge is 0.631 e. The summed E-state index contributed by atoms with van der Waals surface area (Å²) in [4.78, 5) is 0. The van der Waals surface area contributed by atoms with Gasteiger partial charge in [0.05, 0.1) is 11.2 Å². The van der Waals surface area contributed by atoms with Crippen LogP contribution in [0.15, 0.2) is 30.3 Å². The average molecular weight is 256 g/mol. The standard InChI is InChI=1S/C12H18O2.BH3O3/c1-11(2,13)12(3,14)9-10-7-5-4-6-8-10;2-1(3)4/h4-8,13-14H,9H2,1-3H3;2-4H. The number of rotatable bonds is 3. The maximum atomic E-state index is 10.1. The second kappa shape index (κ2) is 6.87. The Morgan fingerprint density at radius 2 is 1.33 bits per heavy atom. The van der Waals surface area contributed by atoms with Gasteiger partial charge >= 0.3 is 7.32 Å². The van der Waals surface area contributed by atoms with Crippen molar-refractivity contribution in [3.8, 4) is 0 Å². The summed E-state index contributed by atoms with van der Waals surface area (Å²) in [6.45, 7) is 4.89. The lowest BCUT2D eigenvalue weighted by molar-refractivity contribution is -0.118. The third kappa shape index (κ3) is 6.73. The van der Waals surface area contributed by atoms with E-state index in [1.54, 1.807) is 20.8 Å². The minimum Gasteiger partial charge on any atom is -0.402 e. The van der Waals surface area contributed by atoms with Crippen molar-refractivity contribution in [3.63, 3.8) is 0 Å². The van der Waals surface area contributed by atoms with Gasteiger partial charge < -0.3 is 25.3 Å². The molecule has 0 saturated heterocycles. The number of hydrogen-bond donors (Lipinski definition) is 5. The SMILES string of the molecule is CC(C)(O)C(C)(O)Cc1ccccc1.OB(O)O. The zero-order chi connectivity index (χ0) is 14.4. The van der Waals surface area contributed by atoms with Gasteiger partial charge in [-0.1, -0.05) is 30.3 Å². The molecule has 5 N–H and O–H groups in total. The van der Waals surface area contributed by atoms with Crippen LogP contribution in [0.3, 0.4) is 0 Å². The van der Waals surface area contributed by atoms with Crippen LogP contribution in [0, 0.1) is 0 Å². The van der Waals surface area contributed by atoms with Crippen LogP contribution >= 0.6 is 0 Å². The molecule has 0 aliphatic carbocycles. The third-order valence-electron chi connectivity index (χ3n) is 2.71. The molecule has 0 aromatic heterocycles. The predicted octanol–water partition coefficient (Wildman–Crippen LogP) is -0.301. The van der Waals surface area contributed by atoms with Crippen molar-refractivity contribution in [3.05, 3.63) is 35.9 Å². The minimum atomic E-state index is -2.17. The van der Waals surface area contributed by atoms with Gasteiger partial charge in [0.2, 0.25) is 0 Å². The lowest BCUT2D eigenvalue weighted by Crippen LogP contribution is -2.49. The summed E-state index contributed by atoms with van der Waals surface area (Å²) >= 11 is 0. The molecule has 0 heterocycles. The van der Waals surface area contributed by atoms with Crippen molar-refractivity contribution < 1.29 is 25.3 Å². The molecule has 0 aliphatic heterocycles. The van der Waals surface area contributed by atoms with Crippen LogP contribution in [0.2, 0.25) is 0 Å². The molecule has 1 rings (SSSR count). The molecule has 0 radical (unpaired) electrons. The minimum absolute atomic E-state index is 0.456. The van der Waals surface area contributed by atoms with Crippen molar-refractivity contribution in [2.24, 2.45) is 0 Å². The quantitative estimate of drug-likeness (QED) is 0.478. The van der Waals surface area contributed by atoms with Crippen molar-refractivity contribution >= 4 is 7.32 Å². The van der Waals surface area contributed by atoms with Crippen molar-refractivity contribution in [2.75, 3.05) is 0 Å². The van der Waals surface area contributed by atoms with E-state index in [9.17, 15) is 10.2 Å². The highest BCUT2D eigenvalue weighted by Crippen LogP contribution is 2.25. The zero-order valence-electron chi connectivity index (χ0n) is 10.9. The molecule has 6 heteroatoms. The fourth-order valence-electron chi connectivity index (χ4n) is 1.21. The molecule has 1 atom stereocenters. The molecule has 0 aliphatic rings. The number of aliphatic hydroxyl groups is 2. The Kier molecular flexibility index (Phi) is 6.52. The molecule has 0 amide bonds. The fraction of sp³-hybridized carbons (Fsp3) is 0.500. The van der Waals surface area contributed by atoms with Crippen molar-refractivity contribution in [1.82, 2.24) is 0 Å². The molecular formula is C12H21BO5. The first kappa shape index (κ1) is 17.1. The van der Waals surface area contributed by atoms with Crippen LogP contribution in [-0.4, -0.2) is 43.8 Å². The molecule has 0 fully saturated rings. The average Bonchev–Trinajstić information content (AvgIpc) is 2.15. The van der Waals surface area contributed by atoms with Crippen LogP contribution in [0.25, 0.3) is 0 Å². The molecule has 0 spiro atoms. The second-order valence-electron chi connectivity index (χ2n) is 4.84. The van der Waals surface area contributed by atoms with Gasteiger partial charge in [-0.05, 0) is 26.3 Å². The first-order chi connectivity index (χ1) is 8.06. The lowest BCUT2D eigenvalue weighted by Gasteiger charge is -2.35. The van der Waals surface area contributed by atoms with E-state index in [2.05, 4.69) is 0 Å². The van der Waals surface area contributed by atoms with Gasteiger partial charge in [0.1, 0.15) is 0 Å².